The van der Waals surface area contributed by atoms with Crippen molar-refractivity contribution in [2.45, 2.75) is 0 Å². The Bertz CT molecular complexity index is 257. The summed E-state index contributed by atoms with van der Waals surface area (Å²) in [4.78, 5) is 0. The van der Waals surface area contributed by atoms with Crippen molar-refractivity contribution in [1.29, 1.82) is 0 Å². The first-order chi connectivity index (χ1) is 5.25. The highest BCUT2D eigenvalue weighted by Crippen LogP contribution is 2.21. The zero-order valence-corrected chi connectivity index (χ0v) is 6.12. The zero-order valence-electron chi connectivity index (χ0n) is 6.12. The number of phenolic OH excluding ortho intramolecular Hbond substituents is 1. The van der Waals surface area contributed by atoms with Gasteiger partial charge in [-0.1, -0.05) is 24.3 Å². The van der Waals surface area contributed by atoms with Crippen molar-refractivity contribution in [2.24, 2.45) is 5.73 Å². The minimum absolute atomic E-state index is 0.185. The van der Waals surface area contributed by atoms with Gasteiger partial charge >= 0.3 is 0 Å². The molecule has 1 aromatic rings. The van der Waals surface area contributed by atoms with Gasteiger partial charge in [-0.15, -0.1) is 6.58 Å². The van der Waals surface area contributed by atoms with Crippen molar-refractivity contribution in [3.63, 3.8) is 0 Å². The van der Waals surface area contributed by atoms with Crippen LogP contribution in [0.3, 0.4) is 0 Å². The summed E-state index contributed by atoms with van der Waals surface area (Å²) in [6, 6.07) is 7.38. The predicted molar refractivity (Wildman–Crippen MR) is 44.8 cm³/mol. The number of benzene rings is 1. The Morgan fingerprint density at radius 1 is 1.45 bits per heavy atom. The lowest BCUT2D eigenvalue weighted by atomic mass is 10.1. The van der Waals surface area contributed by atoms with Gasteiger partial charge in [0.05, 0.1) is 6.04 Å². The van der Waals surface area contributed by atoms with E-state index in [1.54, 1.807) is 18.2 Å². The fourth-order valence-electron chi connectivity index (χ4n) is 0.828. The quantitative estimate of drug-likeness (QED) is 0.666. The van der Waals surface area contributed by atoms with Crippen molar-refractivity contribution in [2.75, 3.05) is 0 Å². The molecule has 0 aliphatic heterocycles. The largest absolute Gasteiger partial charge is 0.508 e. The molecular weight excluding hydrogens is 138 g/mol. The third-order valence-electron chi connectivity index (χ3n) is 1.43. The average Bonchev–Trinajstić information content (AvgIpc) is 2.04. The van der Waals surface area contributed by atoms with E-state index < -0.39 is 0 Å². The molecule has 11 heavy (non-hydrogen) atoms. The molecule has 0 bridgehead atoms. The zero-order chi connectivity index (χ0) is 8.27. The lowest BCUT2D eigenvalue weighted by Crippen LogP contribution is -2.07. The monoisotopic (exact) mass is 148 g/mol. The number of rotatable bonds is 2. The Morgan fingerprint density at radius 2 is 2.09 bits per heavy atom. The predicted octanol–water partition coefficient (Wildman–Crippen LogP) is 1.42. The lowest BCUT2D eigenvalue weighted by Gasteiger charge is -2.06. The van der Waals surface area contributed by atoms with E-state index in [1.807, 2.05) is 6.07 Å². The SMILES string of the molecule is C=C[C](N)c1ccccc1O. The van der Waals surface area contributed by atoms with Gasteiger partial charge in [0.25, 0.3) is 0 Å². The summed E-state index contributed by atoms with van der Waals surface area (Å²) in [6.07, 6.45) is 1.51. The molecule has 0 saturated carbocycles. The van der Waals surface area contributed by atoms with Gasteiger partial charge in [-0.2, -0.15) is 0 Å². The summed E-state index contributed by atoms with van der Waals surface area (Å²) < 4.78 is 0. The molecule has 3 N–H and O–H groups in total. The fourth-order valence-corrected chi connectivity index (χ4v) is 0.828. The summed E-state index contributed by atoms with van der Waals surface area (Å²) in [5.74, 6) is 0.185. The van der Waals surface area contributed by atoms with Gasteiger partial charge in [0.1, 0.15) is 5.75 Å². The van der Waals surface area contributed by atoms with Crippen LogP contribution in [0.15, 0.2) is 36.9 Å². The molecule has 0 unspecified atom stereocenters. The van der Waals surface area contributed by atoms with Gasteiger partial charge in [0.2, 0.25) is 0 Å². The van der Waals surface area contributed by atoms with Crippen LogP contribution in [0.2, 0.25) is 0 Å². The van der Waals surface area contributed by atoms with Crippen LogP contribution in [0.5, 0.6) is 5.75 Å². The van der Waals surface area contributed by atoms with Gasteiger partial charge < -0.3 is 10.8 Å². The van der Waals surface area contributed by atoms with Gasteiger partial charge in [-0.05, 0) is 6.07 Å². The van der Waals surface area contributed by atoms with E-state index in [0.29, 0.717) is 11.6 Å². The van der Waals surface area contributed by atoms with E-state index in [1.165, 1.54) is 6.08 Å². The second kappa shape index (κ2) is 3.21. The molecule has 1 aromatic carbocycles. The van der Waals surface area contributed by atoms with E-state index in [-0.39, 0.29) is 5.75 Å². The van der Waals surface area contributed by atoms with Crippen molar-refractivity contribution in [3.05, 3.63) is 48.5 Å². The highest BCUT2D eigenvalue weighted by Gasteiger charge is 2.05. The van der Waals surface area contributed by atoms with Crippen molar-refractivity contribution >= 4 is 0 Å². The molecule has 0 amide bonds. The summed E-state index contributed by atoms with van der Waals surface area (Å²) in [5, 5.41) is 9.26. The topological polar surface area (TPSA) is 46.2 Å². The molecular formula is C9H10NO. The molecule has 0 aliphatic carbocycles. The third-order valence-corrected chi connectivity index (χ3v) is 1.43. The number of nitrogens with two attached hydrogens (primary N) is 1. The smallest absolute Gasteiger partial charge is 0.121 e. The second-order valence-electron chi connectivity index (χ2n) is 2.18. The van der Waals surface area contributed by atoms with E-state index in [9.17, 15) is 5.11 Å². The van der Waals surface area contributed by atoms with E-state index in [4.69, 9.17) is 5.73 Å². The number of phenols is 1. The van der Waals surface area contributed by atoms with E-state index in [0.717, 1.165) is 0 Å². The standard InChI is InChI=1S/C9H10NO/c1-2-8(10)7-5-3-4-6-9(7)11/h2-6,11H,1,10H2. The minimum Gasteiger partial charge on any atom is -0.508 e. The van der Waals surface area contributed by atoms with E-state index >= 15 is 0 Å². The summed E-state index contributed by atoms with van der Waals surface area (Å²) in [6.45, 7) is 3.50. The molecule has 0 heterocycles. The number of para-hydroxylation sites is 1. The molecule has 0 spiro atoms. The van der Waals surface area contributed by atoms with Crippen LogP contribution in [0, 0.1) is 6.04 Å². The van der Waals surface area contributed by atoms with Crippen LogP contribution in [0.4, 0.5) is 0 Å². The highest BCUT2D eigenvalue weighted by atomic mass is 16.3. The van der Waals surface area contributed by atoms with Crippen LogP contribution < -0.4 is 5.73 Å². The highest BCUT2D eigenvalue weighted by molar-refractivity contribution is 5.44. The first-order valence-corrected chi connectivity index (χ1v) is 3.29. The Labute approximate surface area is 66.0 Å². The van der Waals surface area contributed by atoms with Crippen LogP contribution in [0.1, 0.15) is 5.56 Å². The second-order valence-corrected chi connectivity index (χ2v) is 2.18. The molecule has 1 radical (unpaired) electrons. The fraction of sp³-hybridized carbons (Fsp3) is 0. The van der Waals surface area contributed by atoms with Crippen molar-refractivity contribution < 1.29 is 5.11 Å². The minimum atomic E-state index is 0.185. The normalized spacial score (nSPS) is 10.0. The van der Waals surface area contributed by atoms with Gasteiger partial charge in [0, 0.05) is 5.56 Å². The number of aromatic hydroxyl groups is 1. The Morgan fingerprint density at radius 3 is 2.64 bits per heavy atom. The van der Waals surface area contributed by atoms with Gasteiger partial charge in [-0.25, -0.2) is 0 Å². The summed E-state index contributed by atoms with van der Waals surface area (Å²) in [5.41, 5.74) is 6.16. The molecule has 0 aromatic heterocycles. The Hall–Kier alpha value is -1.28. The molecule has 2 heteroatoms. The van der Waals surface area contributed by atoms with Gasteiger partial charge in [-0.3, -0.25) is 0 Å². The van der Waals surface area contributed by atoms with E-state index in [2.05, 4.69) is 6.58 Å². The van der Waals surface area contributed by atoms with Crippen LogP contribution >= 0.6 is 0 Å². The van der Waals surface area contributed by atoms with Gasteiger partial charge in [0.15, 0.2) is 0 Å². The van der Waals surface area contributed by atoms with Crippen molar-refractivity contribution in [3.8, 4) is 5.75 Å². The maximum absolute atomic E-state index is 9.26. The maximum Gasteiger partial charge on any atom is 0.121 e. The van der Waals surface area contributed by atoms with Crippen molar-refractivity contribution in [1.82, 2.24) is 0 Å². The summed E-state index contributed by atoms with van der Waals surface area (Å²) in [7, 11) is 0. The molecule has 0 atom stereocenters. The third kappa shape index (κ3) is 1.59. The first kappa shape index (κ1) is 7.82. The number of hydrogen-bond acceptors (Lipinski definition) is 2. The molecule has 0 aliphatic rings. The first-order valence-electron chi connectivity index (χ1n) is 3.29. The summed E-state index contributed by atoms with van der Waals surface area (Å²) >= 11 is 0. The van der Waals surface area contributed by atoms with Crippen LogP contribution in [-0.4, -0.2) is 5.11 Å². The molecule has 1 rings (SSSR count). The maximum atomic E-state index is 9.26. The molecule has 2 nitrogen and oxygen atoms in total. The molecule has 0 fully saturated rings. The van der Waals surface area contributed by atoms with Crippen LogP contribution in [-0.2, 0) is 0 Å². The molecule has 0 saturated heterocycles. The Kier molecular flexibility index (Phi) is 2.28. The number of hydrogen-bond donors (Lipinski definition) is 2. The lowest BCUT2D eigenvalue weighted by molar-refractivity contribution is 0.471. The Balaban J connectivity index is 3.02. The molecule has 57 valence electrons. The van der Waals surface area contributed by atoms with Crippen LogP contribution in [0.25, 0.3) is 0 Å². The average molecular weight is 148 g/mol.